The zero-order valence-corrected chi connectivity index (χ0v) is 14.9. The van der Waals surface area contributed by atoms with E-state index in [-0.39, 0.29) is 5.82 Å². The van der Waals surface area contributed by atoms with Gasteiger partial charge in [0.1, 0.15) is 5.82 Å². The zero-order valence-electron chi connectivity index (χ0n) is 11.7. The maximum Gasteiger partial charge on any atom is 0.210 e. The lowest BCUT2D eigenvalue weighted by atomic mass is 10.2. The lowest BCUT2D eigenvalue weighted by molar-refractivity contribution is 0.626. The van der Waals surface area contributed by atoms with Crippen LogP contribution in [0.4, 0.5) is 4.39 Å². The van der Waals surface area contributed by atoms with Gasteiger partial charge in [0, 0.05) is 15.8 Å². The Morgan fingerprint density at radius 1 is 1.22 bits per heavy atom. The Labute approximate surface area is 150 Å². The molecule has 8 heteroatoms. The van der Waals surface area contributed by atoms with Crippen LogP contribution in [0.2, 0.25) is 5.02 Å². The first-order valence-electron chi connectivity index (χ1n) is 6.58. The van der Waals surface area contributed by atoms with Crippen molar-refractivity contribution in [3.63, 3.8) is 0 Å². The van der Waals surface area contributed by atoms with Crippen LogP contribution in [0.15, 0.2) is 52.1 Å². The number of hydrogen-bond acceptors (Lipinski definition) is 4. The van der Waals surface area contributed by atoms with Gasteiger partial charge in [-0.05, 0) is 29.8 Å². The summed E-state index contributed by atoms with van der Waals surface area (Å²) in [6.45, 7) is 0. The van der Waals surface area contributed by atoms with Crippen LogP contribution in [-0.4, -0.2) is 14.9 Å². The van der Waals surface area contributed by atoms with Crippen LogP contribution in [-0.2, 0) is 5.75 Å². The molecule has 23 heavy (non-hydrogen) atoms. The van der Waals surface area contributed by atoms with Crippen molar-refractivity contribution in [2.75, 3.05) is 5.84 Å². The second kappa shape index (κ2) is 6.90. The lowest BCUT2D eigenvalue weighted by Gasteiger charge is -2.06. The molecule has 0 aliphatic rings. The molecule has 0 unspecified atom stereocenters. The van der Waals surface area contributed by atoms with Crippen molar-refractivity contribution in [2.24, 2.45) is 0 Å². The third-order valence-electron chi connectivity index (χ3n) is 3.15. The predicted molar refractivity (Wildman–Crippen MR) is 94.3 cm³/mol. The number of rotatable bonds is 4. The molecule has 0 saturated heterocycles. The molecule has 0 atom stereocenters. The zero-order chi connectivity index (χ0) is 16.4. The van der Waals surface area contributed by atoms with Crippen molar-refractivity contribution in [3.05, 3.63) is 63.3 Å². The van der Waals surface area contributed by atoms with Gasteiger partial charge < -0.3 is 5.84 Å². The fourth-order valence-electron chi connectivity index (χ4n) is 1.98. The summed E-state index contributed by atoms with van der Waals surface area (Å²) in [6.07, 6.45) is 0. The Kier molecular flexibility index (Phi) is 4.89. The Balaban J connectivity index is 1.81. The van der Waals surface area contributed by atoms with Gasteiger partial charge in [-0.3, -0.25) is 0 Å². The van der Waals surface area contributed by atoms with Crippen molar-refractivity contribution in [2.45, 2.75) is 10.9 Å². The van der Waals surface area contributed by atoms with E-state index in [1.165, 1.54) is 28.6 Å². The summed E-state index contributed by atoms with van der Waals surface area (Å²) in [5.41, 5.74) is 1.66. The van der Waals surface area contributed by atoms with Crippen LogP contribution in [0, 0.1) is 5.82 Å². The van der Waals surface area contributed by atoms with Gasteiger partial charge in [0.2, 0.25) is 5.16 Å². The first-order chi connectivity index (χ1) is 11.1. The first kappa shape index (κ1) is 16.3. The van der Waals surface area contributed by atoms with Gasteiger partial charge in [0.25, 0.3) is 0 Å². The highest BCUT2D eigenvalue weighted by atomic mass is 79.9. The first-order valence-corrected chi connectivity index (χ1v) is 8.74. The number of nitrogens with two attached hydrogens (primary N) is 1. The predicted octanol–water partition coefficient (Wildman–Crippen LogP) is 4.51. The minimum atomic E-state index is -0.284. The van der Waals surface area contributed by atoms with E-state index in [2.05, 4.69) is 26.1 Å². The number of halogens is 3. The smallest absolute Gasteiger partial charge is 0.210 e. The highest BCUT2D eigenvalue weighted by molar-refractivity contribution is 9.10. The normalized spacial score (nSPS) is 10.9. The molecule has 0 aliphatic carbocycles. The molecule has 1 aromatic heterocycles. The summed E-state index contributed by atoms with van der Waals surface area (Å²) in [5, 5.41) is 9.32. The van der Waals surface area contributed by atoms with Crippen LogP contribution < -0.4 is 5.84 Å². The topological polar surface area (TPSA) is 56.7 Å². The van der Waals surface area contributed by atoms with E-state index >= 15 is 0 Å². The largest absolute Gasteiger partial charge is 0.335 e. The highest BCUT2D eigenvalue weighted by Gasteiger charge is 2.15. The van der Waals surface area contributed by atoms with Gasteiger partial charge >= 0.3 is 0 Å². The summed E-state index contributed by atoms with van der Waals surface area (Å²) in [4.78, 5) is 0. The molecule has 0 bridgehead atoms. The van der Waals surface area contributed by atoms with Gasteiger partial charge in [-0.25, -0.2) is 9.07 Å². The van der Waals surface area contributed by atoms with Gasteiger partial charge in [-0.1, -0.05) is 57.5 Å². The maximum absolute atomic E-state index is 13.1. The summed E-state index contributed by atoms with van der Waals surface area (Å²) in [7, 11) is 0. The summed E-state index contributed by atoms with van der Waals surface area (Å²) < 4.78 is 15.2. The van der Waals surface area contributed by atoms with E-state index < -0.39 is 0 Å². The molecule has 2 aromatic carbocycles. The van der Waals surface area contributed by atoms with E-state index in [1.807, 2.05) is 18.2 Å². The Hall–Kier alpha value is -1.57. The number of hydrogen-bond donors (Lipinski definition) is 1. The molecule has 2 N–H and O–H groups in total. The molecule has 3 aromatic rings. The van der Waals surface area contributed by atoms with Crippen LogP contribution in [0.1, 0.15) is 5.56 Å². The second-order valence-electron chi connectivity index (χ2n) is 4.68. The average Bonchev–Trinajstić information content (AvgIpc) is 2.88. The van der Waals surface area contributed by atoms with Crippen molar-refractivity contribution in [1.29, 1.82) is 0 Å². The quantitative estimate of drug-likeness (QED) is 0.505. The molecule has 0 amide bonds. The molecule has 0 aliphatic heterocycles. The van der Waals surface area contributed by atoms with Crippen LogP contribution in [0.3, 0.4) is 0 Å². The van der Waals surface area contributed by atoms with E-state index in [4.69, 9.17) is 17.4 Å². The maximum atomic E-state index is 13.1. The van der Waals surface area contributed by atoms with E-state index in [9.17, 15) is 4.39 Å². The van der Waals surface area contributed by atoms with Gasteiger partial charge in [0.05, 0.1) is 5.02 Å². The third kappa shape index (κ3) is 3.52. The number of aromatic nitrogens is 3. The Bertz CT molecular complexity index is 855. The van der Waals surface area contributed by atoms with Crippen molar-refractivity contribution in [3.8, 4) is 11.4 Å². The molecule has 4 nitrogen and oxygen atoms in total. The van der Waals surface area contributed by atoms with Crippen molar-refractivity contribution < 1.29 is 4.39 Å². The Morgan fingerprint density at radius 3 is 2.74 bits per heavy atom. The van der Waals surface area contributed by atoms with Gasteiger partial charge in [-0.15, -0.1) is 10.2 Å². The second-order valence-corrected chi connectivity index (χ2v) is 6.88. The van der Waals surface area contributed by atoms with Crippen LogP contribution in [0.5, 0.6) is 0 Å². The van der Waals surface area contributed by atoms with Gasteiger partial charge in [-0.2, -0.15) is 0 Å². The molecule has 118 valence electrons. The fraction of sp³-hybridized carbons (Fsp3) is 0.0667. The van der Waals surface area contributed by atoms with Crippen LogP contribution in [0.25, 0.3) is 11.4 Å². The monoisotopic (exact) mass is 412 g/mol. The number of nitrogens with zero attached hydrogens (tertiary/aromatic N) is 3. The minimum Gasteiger partial charge on any atom is -0.335 e. The molecule has 1 heterocycles. The molecule has 3 rings (SSSR count). The summed E-state index contributed by atoms with van der Waals surface area (Å²) >= 11 is 10.9. The number of nitrogen functional groups attached to an aromatic ring is 1. The standard InChI is InChI=1S/C15H11BrClFN4S/c16-12-7-10(18)6-5-9(12)8-23-15-21-20-14(22(15)19)11-3-1-2-4-13(11)17/h1-7H,8,19H2. The average molecular weight is 414 g/mol. The molecule has 0 saturated carbocycles. The fourth-order valence-corrected chi connectivity index (χ4v) is 3.74. The van der Waals surface area contributed by atoms with Crippen molar-refractivity contribution >= 4 is 39.3 Å². The summed E-state index contributed by atoms with van der Waals surface area (Å²) in [5.74, 6) is 6.87. The van der Waals surface area contributed by atoms with E-state index in [0.717, 1.165) is 11.1 Å². The number of benzene rings is 2. The molecular formula is C15H11BrClFN4S. The lowest BCUT2D eigenvalue weighted by Crippen LogP contribution is -2.11. The SMILES string of the molecule is Nn1c(SCc2ccc(F)cc2Br)nnc1-c1ccccc1Cl. The van der Waals surface area contributed by atoms with E-state index in [0.29, 0.717) is 26.2 Å². The van der Waals surface area contributed by atoms with Crippen molar-refractivity contribution in [1.82, 2.24) is 14.9 Å². The number of thioether (sulfide) groups is 1. The highest BCUT2D eigenvalue weighted by Crippen LogP contribution is 2.30. The minimum absolute atomic E-state index is 0.284. The molecular weight excluding hydrogens is 403 g/mol. The molecule has 0 spiro atoms. The van der Waals surface area contributed by atoms with Crippen LogP contribution >= 0.6 is 39.3 Å². The Morgan fingerprint density at radius 2 is 2.00 bits per heavy atom. The summed E-state index contributed by atoms with van der Waals surface area (Å²) in [6, 6.07) is 11.9. The van der Waals surface area contributed by atoms with E-state index in [1.54, 1.807) is 12.1 Å². The molecule has 0 fully saturated rings. The third-order valence-corrected chi connectivity index (χ3v) is 5.21. The molecule has 0 radical (unpaired) electrons. The van der Waals surface area contributed by atoms with Gasteiger partial charge in [0.15, 0.2) is 5.82 Å².